The maximum absolute atomic E-state index is 13.0. The van der Waals surface area contributed by atoms with Gasteiger partial charge < -0.3 is 14.2 Å². The van der Waals surface area contributed by atoms with Gasteiger partial charge in [-0.15, -0.1) is 0 Å². The number of hydrogen-bond acceptors (Lipinski definition) is 6. The molecule has 2 aliphatic rings. The molecule has 1 aromatic carbocycles. The number of ether oxygens (including phenoxy) is 1. The van der Waals surface area contributed by atoms with Gasteiger partial charge in [0.15, 0.2) is 0 Å². The molecule has 1 saturated heterocycles. The Labute approximate surface area is 184 Å². The molecule has 0 bridgehead atoms. The summed E-state index contributed by atoms with van der Waals surface area (Å²) in [7, 11) is 3.48. The minimum absolute atomic E-state index is 0.198. The number of hydrogen-bond donors (Lipinski definition) is 1. The van der Waals surface area contributed by atoms with Crippen molar-refractivity contribution in [2.24, 2.45) is 7.05 Å². The third-order valence-electron chi connectivity index (χ3n) is 5.95. The highest BCUT2D eigenvalue weighted by atomic mass is 16.5. The van der Waals surface area contributed by atoms with Crippen LogP contribution in [0.5, 0.6) is 5.88 Å². The first-order valence-corrected chi connectivity index (χ1v) is 10.3. The van der Waals surface area contributed by atoms with E-state index in [-0.39, 0.29) is 18.2 Å². The topological polar surface area (TPSA) is 106 Å². The van der Waals surface area contributed by atoms with E-state index in [1.165, 1.54) is 0 Å². The van der Waals surface area contributed by atoms with Crippen LogP contribution in [-0.4, -0.2) is 50.3 Å². The number of aromatic nitrogens is 3. The Kier molecular flexibility index (Phi) is 4.73. The smallest absolute Gasteiger partial charge is 0.255 e. The summed E-state index contributed by atoms with van der Waals surface area (Å²) in [5.41, 5.74) is 4.64. The average Bonchev–Trinajstić information content (AvgIpc) is 3.33. The predicted octanol–water partition coefficient (Wildman–Crippen LogP) is 1.92. The van der Waals surface area contributed by atoms with Gasteiger partial charge in [0.2, 0.25) is 17.7 Å². The lowest BCUT2D eigenvalue weighted by atomic mass is 10.0. The van der Waals surface area contributed by atoms with Crippen molar-refractivity contribution in [3.05, 3.63) is 54.0 Å². The van der Waals surface area contributed by atoms with Crippen LogP contribution in [0.1, 0.15) is 28.8 Å². The molecule has 3 aromatic rings. The molecule has 1 atom stereocenters. The summed E-state index contributed by atoms with van der Waals surface area (Å²) in [4.78, 5) is 47.1. The molecule has 0 radical (unpaired) electrons. The molecule has 3 amide bonds. The summed E-state index contributed by atoms with van der Waals surface area (Å²) in [6.45, 7) is 0.312. The van der Waals surface area contributed by atoms with Gasteiger partial charge >= 0.3 is 0 Å². The van der Waals surface area contributed by atoms with Gasteiger partial charge in [-0.05, 0) is 36.2 Å². The maximum Gasteiger partial charge on any atom is 0.255 e. The van der Waals surface area contributed by atoms with Crippen molar-refractivity contribution < 1.29 is 19.1 Å². The monoisotopic (exact) mass is 431 g/mol. The van der Waals surface area contributed by atoms with Gasteiger partial charge in [-0.1, -0.05) is 6.07 Å². The number of carbonyl (C=O) groups is 3. The second-order valence-corrected chi connectivity index (χ2v) is 7.88. The fourth-order valence-corrected chi connectivity index (χ4v) is 4.41. The van der Waals surface area contributed by atoms with Crippen LogP contribution >= 0.6 is 0 Å². The molecule has 2 aromatic heterocycles. The summed E-state index contributed by atoms with van der Waals surface area (Å²) in [5.74, 6) is -0.418. The first-order valence-electron chi connectivity index (χ1n) is 10.3. The van der Waals surface area contributed by atoms with Crippen molar-refractivity contribution in [2.45, 2.75) is 25.4 Å². The zero-order chi connectivity index (χ0) is 22.4. The molecule has 9 nitrogen and oxygen atoms in total. The molecule has 1 N–H and O–H groups in total. The summed E-state index contributed by atoms with van der Waals surface area (Å²) >= 11 is 0. The molecule has 2 aliphatic heterocycles. The second kappa shape index (κ2) is 7.60. The van der Waals surface area contributed by atoms with E-state index in [9.17, 15) is 14.4 Å². The fraction of sp³-hybridized carbons (Fsp3) is 0.261. The zero-order valence-electron chi connectivity index (χ0n) is 17.7. The van der Waals surface area contributed by atoms with E-state index in [4.69, 9.17) is 4.74 Å². The number of piperidine rings is 1. The Morgan fingerprint density at radius 2 is 1.97 bits per heavy atom. The molecule has 162 valence electrons. The lowest BCUT2D eigenvalue weighted by Crippen LogP contribution is -2.52. The van der Waals surface area contributed by atoms with Gasteiger partial charge in [-0.25, -0.2) is 9.97 Å². The molecular weight excluding hydrogens is 410 g/mol. The number of amides is 3. The van der Waals surface area contributed by atoms with Crippen molar-refractivity contribution in [3.8, 4) is 28.4 Å². The summed E-state index contributed by atoms with van der Waals surface area (Å²) < 4.78 is 7.34. The summed E-state index contributed by atoms with van der Waals surface area (Å²) in [6.07, 6.45) is 3.96. The number of nitrogens with zero attached hydrogens (tertiary/aromatic N) is 4. The number of methoxy groups -OCH3 is 1. The van der Waals surface area contributed by atoms with E-state index in [0.29, 0.717) is 24.4 Å². The van der Waals surface area contributed by atoms with Crippen molar-refractivity contribution >= 4 is 17.7 Å². The number of carbonyl (C=O) groups excluding carboxylic acids is 3. The minimum Gasteiger partial charge on any atom is -0.481 e. The molecule has 32 heavy (non-hydrogen) atoms. The van der Waals surface area contributed by atoms with Gasteiger partial charge in [0.25, 0.3) is 5.91 Å². The minimum atomic E-state index is -0.638. The van der Waals surface area contributed by atoms with Crippen LogP contribution in [0.25, 0.3) is 22.5 Å². The van der Waals surface area contributed by atoms with Gasteiger partial charge in [-0.2, -0.15) is 0 Å². The quantitative estimate of drug-likeness (QED) is 0.633. The number of fused-ring (bicyclic) bond motifs is 1. The van der Waals surface area contributed by atoms with Crippen molar-refractivity contribution in [3.63, 3.8) is 0 Å². The van der Waals surface area contributed by atoms with Gasteiger partial charge in [0, 0.05) is 37.3 Å². The molecule has 1 unspecified atom stereocenters. The Morgan fingerprint density at radius 3 is 2.75 bits per heavy atom. The highest BCUT2D eigenvalue weighted by Crippen LogP contribution is 2.37. The van der Waals surface area contributed by atoms with Crippen molar-refractivity contribution in [1.82, 2.24) is 24.8 Å². The number of benzene rings is 1. The SMILES string of the molecule is COc1ncccc1-c1c(-c2ccc3c(c2)CN(C2CCC(=O)NC2=O)C3=O)ncn1C. The van der Waals surface area contributed by atoms with Crippen LogP contribution in [0, 0.1) is 0 Å². The first-order chi connectivity index (χ1) is 15.5. The van der Waals surface area contributed by atoms with Crippen LogP contribution in [0.3, 0.4) is 0 Å². The molecule has 0 aliphatic carbocycles. The molecule has 9 heteroatoms. The molecule has 5 rings (SSSR count). The summed E-state index contributed by atoms with van der Waals surface area (Å²) in [6, 6.07) is 8.70. The third kappa shape index (κ3) is 3.13. The number of imidazole rings is 1. The van der Waals surface area contributed by atoms with Gasteiger partial charge in [0.1, 0.15) is 6.04 Å². The van der Waals surface area contributed by atoms with E-state index in [2.05, 4.69) is 15.3 Å². The van der Waals surface area contributed by atoms with Crippen molar-refractivity contribution in [1.29, 1.82) is 0 Å². The standard InChI is InChI=1S/C23H21N5O4/c1-27-12-25-19(20(27)16-4-3-9-24-22(16)32-2)13-5-6-15-14(10-13)11-28(23(15)31)17-7-8-18(29)26-21(17)30/h3-6,9-10,12,17H,7-8,11H2,1-2H3,(H,26,29,30). The van der Waals surface area contributed by atoms with E-state index >= 15 is 0 Å². The van der Waals surface area contributed by atoms with E-state index < -0.39 is 11.9 Å². The molecule has 4 heterocycles. The van der Waals surface area contributed by atoms with Crippen LogP contribution in [0.2, 0.25) is 0 Å². The first kappa shape index (κ1) is 19.9. The number of rotatable bonds is 4. The van der Waals surface area contributed by atoms with E-state index in [0.717, 1.165) is 28.1 Å². The number of nitrogens with one attached hydrogen (secondary N) is 1. The Bertz CT molecular complexity index is 1270. The number of aryl methyl sites for hydroxylation is 1. The molecular formula is C23H21N5O4. The highest BCUT2D eigenvalue weighted by molar-refractivity contribution is 6.05. The zero-order valence-corrected chi connectivity index (χ0v) is 17.7. The second-order valence-electron chi connectivity index (χ2n) is 7.88. The average molecular weight is 431 g/mol. The molecule has 1 fully saturated rings. The largest absolute Gasteiger partial charge is 0.481 e. The van der Waals surface area contributed by atoms with Gasteiger partial charge in [0.05, 0.1) is 30.4 Å². The Balaban J connectivity index is 1.51. The highest BCUT2D eigenvalue weighted by Gasteiger charge is 2.39. The van der Waals surface area contributed by atoms with Crippen molar-refractivity contribution in [2.75, 3.05) is 7.11 Å². The van der Waals surface area contributed by atoms with Crippen LogP contribution in [0.15, 0.2) is 42.9 Å². The number of pyridine rings is 1. The molecule has 0 spiro atoms. The predicted molar refractivity (Wildman–Crippen MR) is 114 cm³/mol. The summed E-state index contributed by atoms with van der Waals surface area (Å²) in [5, 5.41) is 2.33. The lowest BCUT2D eigenvalue weighted by Gasteiger charge is -2.29. The van der Waals surface area contributed by atoms with E-state index in [1.807, 2.05) is 35.9 Å². The van der Waals surface area contributed by atoms with Crippen LogP contribution in [-0.2, 0) is 23.2 Å². The Hall–Kier alpha value is -4.01. The third-order valence-corrected chi connectivity index (χ3v) is 5.95. The molecule has 0 saturated carbocycles. The number of imide groups is 1. The van der Waals surface area contributed by atoms with E-state index in [1.54, 1.807) is 30.6 Å². The van der Waals surface area contributed by atoms with Crippen LogP contribution in [0.4, 0.5) is 0 Å². The fourth-order valence-electron chi connectivity index (χ4n) is 4.41. The lowest BCUT2D eigenvalue weighted by molar-refractivity contribution is -0.136. The van der Waals surface area contributed by atoms with Gasteiger partial charge in [-0.3, -0.25) is 19.7 Å². The Morgan fingerprint density at radius 1 is 1.12 bits per heavy atom. The normalized spacial score (nSPS) is 18.0. The van der Waals surface area contributed by atoms with Crippen LogP contribution < -0.4 is 10.1 Å². The maximum atomic E-state index is 13.0.